The molecule has 2 rings (SSSR count). The van der Waals surface area contributed by atoms with Crippen molar-refractivity contribution in [3.8, 4) is 5.75 Å². The van der Waals surface area contributed by atoms with Crippen molar-refractivity contribution in [2.75, 3.05) is 24.3 Å². The lowest BCUT2D eigenvalue weighted by atomic mass is 10.3. The Labute approximate surface area is 128 Å². The van der Waals surface area contributed by atoms with Crippen molar-refractivity contribution in [2.24, 2.45) is 5.73 Å². The van der Waals surface area contributed by atoms with Crippen LogP contribution in [0.25, 0.3) is 0 Å². The monoisotopic (exact) mass is 299 g/mol. The lowest BCUT2D eigenvalue weighted by Crippen LogP contribution is -2.17. The highest BCUT2D eigenvalue weighted by atomic mass is 16.5. The molecule has 1 aromatic carbocycles. The van der Waals surface area contributed by atoms with Gasteiger partial charge in [0, 0.05) is 18.4 Å². The third kappa shape index (κ3) is 3.72. The van der Waals surface area contributed by atoms with E-state index < -0.39 is 5.91 Å². The first-order valence-electron chi connectivity index (χ1n) is 6.56. The molecular weight excluding hydrogens is 282 g/mol. The highest BCUT2D eigenvalue weighted by Crippen LogP contribution is 2.19. The number of nitrogens with two attached hydrogens (primary N) is 1. The Morgan fingerprint density at radius 1 is 1.41 bits per heavy atom. The molecule has 0 bridgehead atoms. The van der Waals surface area contributed by atoms with Crippen molar-refractivity contribution in [2.45, 2.75) is 0 Å². The van der Waals surface area contributed by atoms with Crippen LogP contribution < -0.4 is 21.1 Å². The van der Waals surface area contributed by atoms with E-state index in [0.717, 1.165) is 11.4 Å². The molecule has 1 aromatic heterocycles. The number of carbonyl (C=O) groups excluding carboxylic acids is 1. The number of methoxy groups -OCH3 is 1. The number of carbonyl (C=O) groups is 1. The number of primary amides is 1. The lowest BCUT2D eigenvalue weighted by Gasteiger charge is -2.10. The fourth-order valence-corrected chi connectivity index (χ4v) is 1.73. The first-order valence-corrected chi connectivity index (χ1v) is 6.56. The molecule has 0 unspecified atom stereocenters. The van der Waals surface area contributed by atoms with Crippen LogP contribution in [0.4, 0.5) is 17.5 Å². The van der Waals surface area contributed by atoms with E-state index in [-0.39, 0.29) is 5.56 Å². The van der Waals surface area contributed by atoms with E-state index in [0.29, 0.717) is 18.3 Å². The Bertz CT molecular complexity index is 670. The average molecular weight is 299 g/mol. The first kappa shape index (κ1) is 15.3. The van der Waals surface area contributed by atoms with Crippen molar-refractivity contribution < 1.29 is 9.53 Å². The van der Waals surface area contributed by atoms with Gasteiger partial charge in [0.1, 0.15) is 11.6 Å². The maximum absolute atomic E-state index is 11.4. The van der Waals surface area contributed by atoms with Gasteiger partial charge in [0.2, 0.25) is 5.95 Å². The van der Waals surface area contributed by atoms with Gasteiger partial charge in [-0.15, -0.1) is 6.58 Å². The summed E-state index contributed by atoms with van der Waals surface area (Å²) in [7, 11) is 1.60. The van der Waals surface area contributed by atoms with Gasteiger partial charge in [-0.05, 0) is 24.3 Å². The van der Waals surface area contributed by atoms with Crippen LogP contribution in [0, 0.1) is 0 Å². The van der Waals surface area contributed by atoms with Gasteiger partial charge < -0.3 is 21.1 Å². The minimum absolute atomic E-state index is 0.224. The van der Waals surface area contributed by atoms with Crippen LogP contribution in [-0.2, 0) is 0 Å². The fourth-order valence-electron chi connectivity index (χ4n) is 1.73. The normalized spacial score (nSPS) is 9.86. The molecule has 0 radical (unpaired) electrons. The maximum Gasteiger partial charge on any atom is 0.254 e. The Kier molecular flexibility index (Phi) is 4.92. The van der Waals surface area contributed by atoms with Gasteiger partial charge in [0.15, 0.2) is 0 Å². The third-order valence-electron chi connectivity index (χ3n) is 2.81. The summed E-state index contributed by atoms with van der Waals surface area (Å²) in [5, 5.41) is 6.00. The predicted molar refractivity (Wildman–Crippen MR) is 85.5 cm³/mol. The molecular formula is C15H17N5O2. The van der Waals surface area contributed by atoms with Crippen LogP contribution in [0.2, 0.25) is 0 Å². The van der Waals surface area contributed by atoms with Crippen LogP contribution in [-0.4, -0.2) is 29.5 Å². The molecule has 4 N–H and O–H groups in total. The second-order valence-electron chi connectivity index (χ2n) is 4.34. The van der Waals surface area contributed by atoms with E-state index in [1.165, 1.54) is 6.20 Å². The van der Waals surface area contributed by atoms with Crippen molar-refractivity contribution in [3.05, 3.63) is 48.7 Å². The Morgan fingerprint density at radius 2 is 2.14 bits per heavy atom. The zero-order chi connectivity index (χ0) is 15.9. The van der Waals surface area contributed by atoms with Crippen LogP contribution in [0.15, 0.2) is 43.1 Å². The number of amides is 1. The van der Waals surface area contributed by atoms with E-state index >= 15 is 0 Å². The van der Waals surface area contributed by atoms with Gasteiger partial charge in [0.25, 0.3) is 5.91 Å². The van der Waals surface area contributed by atoms with E-state index in [2.05, 4.69) is 27.2 Å². The molecule has 0 aliphatic heterocycles. The van der Waals surface area contributed by atoms with Crippen LogP contribution >= 0.6 is 0 Å². The average Bonchev–Trinajstić information content (AvgIpc) is 2.53. The Morgan fingerprint density at radius 3 is 2.73 bits per heavy atom. The van der Waals surface area contributed by atoms with Crippen molar-refractivity contribution in [3.63, 3.8) is 0 Å². The van der Waals surface area contributed by atoms with E-state index in [1.807, 2.05) is 24.3 Å². The first-order chi connectivity index (χ1) is 10.6. The summed E-state index contributed by atoms with van der Waals surface area (Å²) >= 11 is 0. The minimum atomic E-state index is -0.595. The molecule has 22 heavy (non-hydrogen) atoms. The highest BCUT2D eigenvalue weighted by molar-refractivity contribution is 5.97. The molecule has 0 aliphatic rings. The molecule has 1 heterocycles. The number of ether oxygens (including phenoxy) is 1. The third-order valence-corrected chi connectivity index (χ3v) is 2.81. The van der Waals surface area contributed by atoms with Gasteiger partial charge in [-0.3, -0.25) is 4.79 Å². The van der Waals surface area contributed by atoms with Gasteiger partial charge in [-0.1, -0.05) is 6.08 Å². The second-order valence-corrected chi connectivity index (χ2v) is 4.34. The summed E-state index contributed by atoms with van der Waals surface area (Å²) < 4.78 is 5.10. The molecule has 2 aromatic rings. The van der Waals surface area contributed by atoms with E-state index in [4.69, 9.17) is 10.5 Å². The van der Waals surface area contributed by atoms with E-state index in [1.54, 1.807) is 13.2 Å². The maximum atomic E-state index is 11.4. The fraction of sp³-hybridized carbons (Fsp3) is 0.133. The number of nitrogens with one attached hydrogen (secondary N) is 2. The number of hydrogen-bond donors (Lipinski definition) is 3. The molecule has 114 valence electrons. The van der Waals surface area contributed by atoms with Crippen molar-refractivity contribution in [1.29, 1.82) is 0 Å². The van der Waals surface area contributed by atoms with Crippen LogP contribution in [0.3, 0.4) is 0 Å². The minimum Gasteiger partial charge on any atom is -0.497 e. The van der Waals surface area contributed by atoms with Crippen LogP contribution in [0.1, 0.15) is 10.4 Å². The molecule has 0 spiro atoms. The SMILES string of the molecule is C=CCNc1nc(Nc2ccc(OC)cc2)ncc1C(N)=O. The number of aromatic nitrogens is 2. The molecule has 0 atom stereocenters. The molecule has 0 saturated carbocycles. The molecule has 0 fully saturated rings. The van der Waals surface area contributed by atoms with Crippen molar-refractivity contribution >= 4 is 23.4 Å². The number of rotatable bonds is 7. The van der Waals surface area contributed by atoms with Gasteiger partial charge in [0.05, 0.1) is 12.7 Å². The van der Waals surface area contributed by atoms with Crippen molar-refractivity contribution in [1.82, 2.24) is 9.97 Å². The van der Waals surface area contributed by atoms with E-state index in [9.17, 15) is 4.79 Å². The largest absolute Gasteiger partial charge is 0.497 e. The number of hydrogen-bond acceptors (Lipinski definition) is 6. The van der Waals surface area contributed by atoms with Gasteiger partial charge in [-0.2, -0.15) is 4.98 Å². The number of nitrogens with zero attached hydrogens (tertiary/aromatic N) is 2. The summed E-state index contributed by atoms with van der Waals surface area (Å²) in [4.78, 5) is 19.7. The summed E-state index contributed by atoms with van der Waals surface area (Å²) in [6, 6.07) is 7.30. The number of anilines is 3. The number of benzene rings is 1. The zero-order valence-corrected chi connectivity index (χ0v) is 12.2. The Balaban J connectivity index is 2.22. The standard InChI is InChI=1S/C15H17N5O2/c1-3-8-17-14-12(13(16)21)9-18-15(20-14)19-10-4-6-11(22-2)7-5-10/h3-7,9H,1,8H2,2H3,(H2,16,21)(H2,17,18,19,20). The summed E-state index contributed by atoms with van der Waals surface area (Å²) in [5.41, 5.74) is 6.32. The Hall–Kier alpha value is -3.09. The highest BCUT2D eigenvalue weighted by Gasteiger charge is 2.11. The summed E-state index contributed by atoms with van der Waals surface area (Å²) in [6.45, 7) is 4.06. The van der Waals surface area contributed by atoms with Gasteiger partial charge >= 0.3 is 0 Å². The predicted octanol–water partition coefficient (Wildman–Crippen LogP) is 1.93. The molecule has 7 heteroatoms. The molecule has 0 saturated heterocycles. The van der Waals surface area contributed by atoms with Crippen LogP contribution in [0.5, 0.6) is 5.75 Å². The molecule has 7 nitrogen and oxygen atoms in total. The molecule has 1 amide bonds. The summed E-state index contributed by atoms with van der Waals surface area (Å²) in [6.07, 6.45) is 3.04. The molecule has 0 aliphatic carbocycles. The second kappa shape index (κ2) is 7.07. The smallest absolute Gasteiger partial charge is 0.254 e. The quantitative estimate of drug-likeness (QED) is 0.675. The zero-order valence-electron chi connectivity index (χ0n) is 12.2. The van der Waals surface area contributed by atoms with Gasteiger partial charge in [-0.25, -0.2) is 4.98 Å². The lowest BCUT2D eigenvalue weighted by molar-refractivity contribution is 0.100. The summed E-state index contributed by atoms with van der Waals surface area (Å²) in [5.74, 6) is 0.867. The topological polar surface area (TPSA) is 102 Å².